The number of halogens is 1. The first-order chi connectivity index (χ1) is 6.70. The van der Waals surface area contributed by atoms with Crippen LogP contribution in [0.25, 0.3) is 0 Å². The lowest BCUT2D eigenvalue weighted by atomic mass is 10.4. The molecule has 1 heterocycles. The smallest absolute Gasteiger partial charge is 0.271 e. The average molecular weight is 217 g/mol. The summed E-state index contributed by atoms with van der Waals surface area (Å²) in [6, 6.07) is 0. The van der Waals surface area contributed by atoms with Crippen LogP contribution in [0.15, 0.2) is 11.1 Å². The molecule has 1 aromatic heterocycles. The zero-order chi connectivity index (χ0) is 10.6. The van der Waals surface area contributed by atoms with E-state index in [2.05, 4.69) is 9.97 Å². The molecule has 0 atom stereocenters. The molecule has 0 spiro atoms. The normalized spacial score (nSPS) is 10.2. The molecule has 0 saturated heterocycles. The quantitative estimate of drug-likeness (QED) is 0.755. The van der Waals surface area contributed by atoms with Crippen LogP contribution in [0.4, 0.5) is 5.82 Å². The van der Waals surface area contributed by atoms with E-state index in [0.29, 0.717) is 25.5 Å². The highest BCUT2D eigenvalue weighted by Gasteiger charge is 2.11. The highest BCUT2D eigenvalue weighted by Crippen LogP contribution is 2.16. The van der Waals surface area contributed by atoms with Crippen molar-refractivity contribution in [1.29, 1.82) is 0 Å². The van der Waals surface area contributed by atoms with Gasteiger partial charge in [-0.25, -0.2) is 4.98 Å². The van der Waals surface area contributed by atoms with Crippen LogP contribution >= 0.6 is 11.6 Å². The Morgan fingerprint density at radius 1 is 1.71 bits per heavy atom. The van der Waals surface area contributed by atoms with E-state index in [0.717, 1.165) is 0 Å². The SMILES string of the molecule is CCN(CCN)c1nc[nH]c(=O)c1Cl. The number of nitrogens with one attached hydrogen (secondary N) is 1. The number of nitrogens with two attached hydrogens (primary N) is 1. The number of likely N-dealkylation sites (N-methyl/N-ethyl adjacent to an activating group) is 1. The predicted octanol–water partition coefficient (Wildman–Crippen LogP) is 0.208. The summed E-state index contributed by atoms with van der Waals surface area (Å²) in [5.74, 6) is 0.489. The van der Waals surface area contributed by atoms with Crippen LogP contribution in [0, 0.1) is 0 Å². The van der Waals surface area contributed by atoms with Crippen molar-refractivity contribution in [1.82, 2.24) is 9.97 Å². The van der Waals surface area contributed by atoms with Gasteiger partial charge in [0.15, 0.2) is 5.82 Å². The molecular weight excluding hydrogens is 204 g/mol. The topological polar surface area (TPSA) is 75.0 Å². The second-order valence-electron chi connectivity index (χ2n) is 2.74. The first-order valence-corrected chi connectivity index (χ1v) is 4.76. The van der Waals surface area contributed by atoms with Crippen molar-refractivity contribution < 1.29 is 0 Å². The number of aromatic amines is 1. The van der Waals surface area contributed by atoms with E-state index in [1.165, 1.54) is 6.33 Å². The summed E-state index contributed by atoms with van der Waals surface area (Å²) < 4.78 is 0. The molecule has 0 aromatic carbocycles. The first-order valence-electron chi connectivity index (χ1n) is 4.39. The van der Waals surface area contributed by atoms with Gasteiger partial charge in [-0.3, -0.25) is 4.79 Å². The van der Waals surface area contributed by atoms with Gasteiger partial charge in [0.05, 0.1) is 6.33 Å². The van der Waals surface area contributed by atoms with E-state index < -0.39 is 0 Å². The molecule has 0 aliphatic carbocycles. The van der Waals surface area contributed by atoms with Crippen LogP contribution in [0.3, 0.4) is 0 Å². The molecule has 0 amide bonds. The van der Waals surface area contributed by atoms with Crippen LogP contribution in [-0.4, -0.2) is 29.6 Å². The Morgan fingerprint density at radius 2 is 2.43 bits per heavy atom. The van der Waals surface area contributed by atoms with Crippen LogP contribution in [-0.2, 0) is 0 Å². The second-order valence-corrected chi connectivity index (χ2v) is 3.12. The minimum Gasteiger partial charge on any atom is -0.354 e. The van der Waals surface area contributed by atoms with Crippen molar-refractivity contribution in [3.05, 3.63) is 21.7 Å². The fourth-order valence-electron chi connectivity index (χ4n) is 1.16. The zero-order valence-corrected chi connectivity index (χ0v) is 8.71. The van der Waals surface area contributed by atoms with Crippen molar-refractivity contribution in [3.63, 3.8) is 0 Å². The Kier molecular flexibility index (Phi) is 3.91. The minimum absolute atomic E-state index is 0.114. The van der Waals surface area contributed by atoms with Gasteiger partial charge < -0.3 is 15.6 Å². The van der Waals surface area contributed by atoms with Crippen LogP contribution in [0.1, 0.15) is 6.92 Å². The molecule has 5 nitrogen and oxygen atoms in total. The van der Waals surface area contributed by atoms with E-state index in [-0.39, 0.29) is 10.6 Å². The molecule has 14 heavy (non-hydrogen) atoms. The number of hydrogen-bond acceptors (Lipinski definition) is 4. The minimum atomic E-state index is -0.327. The number of H-pyrrole nitrogens is 1. The van der Waals surface area contributed by atoms with E-state index in [1.54, 1.807) is 0 Å². The fourth-order valence-corrected chi connectivity index (χ4v) is 1.39. The number of nitrogens with zero attached hydrogens (tertiary/aromatic N) is 2. The molecule has 3 N–H and O–H groups in total. The number of aromatic nitrogens is 2. The molecule has 1 aromatic rings. The summed E-state index contributed by atoms with van der Waals surface area (Å²) in [5, 5.41) is 0.114. The highest BCUT2D eigenvalue weighted by molar-refractivity contribution is 6.32. The van der Waals surface area contributed by atoms with E-state index in [4.69, 9.17) is 17.3 Å². The Balaban J connectivity index is 3.03. The van der Waals surface area contributed by atoms with Crippen molar-refractivity contribution in [2.75, 3.05) is 24.5 Å². The van der Waals surface area contributed by atoms with Gasteiger partial charge in [-0.1, -0.05) is 11.6 Å². The standard InChI is InChI=1S/C8H13ClN4O/c1-2-13(4-3-10)7-6(9)8(14)12-5-11-7/h5H,2-4,10H2,1H3,(H,11,12,14). The van der Waals surface area contributed by atoms with Gasteiger partial charge in [0.2, 0.25) is 0 Å². The Hall–Kier alpha value is -1.07. The third-order valence-electron chi connectivity index (χ3n) is 1.86. The molecule has 0 aliphatic rings. The van der Waals surface area contributed by atoms with Gasteiger partial charge >= 0.3 is 0 Å². The van der Waals surface area contributed by atoms with E-state index >= 15 is 0 Å². The molecule has 0 unspecified atom stereocenters. The van der Waals surface area contributed by atoms with Crippen LogP contribution < -0.4 is 16.2 Å². The van der Waals surface area contributed by atoms with Gasteiger partial charge in [-0.2, -0.15) is 0 Å². The molecule has 0 saturated carbocycles. The molecule has 0 fully saturated rings. The zero-order valence-electron chi connectivity index (χ0n) is 7.96. The molecule has 6 heteroatoms. The third-order valence-corrected chi connectivity index (χ3v) is 2.20. The van der Waals surface area contributed by atoms with E-state index in [9.17, 15) is 4.79 Å². The van der Waals surface area contributed by atoms with Crippen molar-refractivity contribution in [3.8, 4) is 0 Å². The molecule has 0 bridgehead atoms. The lowest BCUT2D eigenvalue weighted by Crippen LogP contribution is -2.31. The molecule has 78 valence electrons. The van der Waals surface area contributed by atoms with Crippen molar-refractivity contribution >= 4 is 17.4 Å². The summed E-state index contributed by atoms with van der Waals surface area (Å²) in [7, 11) is 0. The Labute approximate surface area is 86.9 Å². The Bertz CT molecular complexity index is 351. The largest absolute Gasteiger partial charge is 0.354 e. The van der Waals surface area contributed by atoms with Gasteiger partial charge in [0.1, 0.15) is 5.02 Å². The fraction of sp³-hybridized carbons (Fsp3) is 0.500. The summed E-state index contributed by atoms with van der Waals surface area (Å²) in [6.07, 6.45) is 1.34. The van der Waals surface area contributed by atoms with Gasteiger partial charge in [0.25, 0.3) is 5.56 Å². The highest BCUT2D eigenvalue weighted by atomic mass is 35.5. The van der Waals surface area contributed by atoms with Crippen LogP contribution in [0.2, 0.25) is 5.02 Å². The maximum atomic E-state index is 11.2. The third kappa shape index (κ3) is 2.24. The second kappa shape index (κ2) is 4.97. The maximum absolute atomic E-state index is 11.2. The number of hydrogen-bond donors (Lipinski definition) is 2. The van der Waals surface area contributed by atoms with Crippen LogP contribution in [0.5, 0.6) is 0 Å². The van der Waals surface area contributed by atoms with Crippen molar-refractivity contribution in [2.24, 2.45) is 5.73 Å². The summed E-state index contributed by atoms with van der Waals surface area (Å²) in [4.78, 5) is 19.5. The summed E-state index contributed by atoms with van der Waals surface area (Å²) in [5.41, 5.74) is 5.11. The van der Waals surface area contributed by atoms with Crippen molar-refractivity contribution in [2.45, 2.75) is 6.92 Å². The molecule has 0 aliphatic heterocycles. The number of anilines is 1. The summed E-state index contributed by atoms with van der Waals surface area (Å²) in [6.45, 7) is 3.80. The number of rotatable bonds is 4. The van der Waals surface area contributed by atoms with Gasteiger partial charge in [0, 0.05) is 19.6 Å². The lowest BCUT2D eigenvalue weighted by molar-refractivity contribution is 0.797. The predicted molar refractivity (Wildman–Crippen MR) is 56.8 cm³/mol. The molecule has 1 rings (SSSR count). The molecule has 0 radical (unpaired) electrons. The van der Waals surface area contributed by atoms with E-state index in [1.807, 2.05) is 11.8 Å². The molecular formula is C8H13ClN4O. The monoisotopic (exact) mass is 216 g/mol. The Morgan fingerprint density at radius 3 is 3.00 bits per heavy atom. The van der Waals surface area contributed by atoms with Gasteiger partial charge in [-0.05, 0) is 6.92 Å². The summed E-state index contributed by atoms with van der Waals surface area (Å²) >= 11 is 5.81. The average Bonchev–Trinajstić information content (AvgIpc) is 2.19. The first kappa shape index (κ1) is 11.0. The lowest BCUT2D eigenvalue weighted by Gasteiger charge is -2.21. The van der Waals surface area contributed by atoms with Gasteiger partial charge in [-0.15, -0.1) is 0 Å². The maximum Gasteiger partial charge on any atom is 0.271 e.